The van der Waals surface area contributed by atoms with E-state index in [-0.39, 0.29) is 110 Å². The van der Waals surface area contributed by atoms with Gasteiger partial charge in [-0.2, -0.15) is 0 Å². The van der Waals surface area contributed by atoms with Gasteiger partial charge in [-0.1, -0.05) is 283 Å². The first-order chi connectivity index (χ1) is 68.5. The van der Waals surface area contributed by atoms with Gasteiger partial charge in [0.15, 0.2) is 22.3 Å². The smallest absolute Gasteiger partial charge is 0.252 e. The fourth-order valence-electron chi connectivity index (χ4n) is 19.1. The van der Waals surface area contributed by atoms with Crippen LogP contribution in [-0.4, -0.2) is 25.0 Å². The molecule has 22 aromatic rings. The van der Waals surface area contributed by atoms with E-state index in [2.05, 4.69) is 182 Å². The summed E-state index contributed by atoms with van der Waals surface area (Å²) in [6, 6.07) is 44.8. The van der Waals surface area contributed by atoms with Gasteiger partial charge in [-0.05, 0) is 193 Å². The Morgan fingerprint density at radius 3 is 0.893 bits per heavy atom. The number of fused-ring (bicyclic) bond motifs is 22. The zero-order valence-corrected chi connectivity index (χ0v) is 68.3. The lowest BCUT2D eigenvalue weighted by Crippen LogP contribution is -2.61. The Bertz CT molecular complexity index is 9460. The summed E-state index contributed by atoms with van der Waals surface area (Å²) < 4.78 is 249. The normalized spacial score (nSPS) is 16.2. The number of aromatic nitrogens is 4. The molecule has 0 unspecified atom stereocenters. The van der Waals surface area contributed by atoms with Crippen molar-refractivity contribution in [2.24, 2.45) is 0 Å². The van der Waals surface area contributed by atoms with Crippen LogP contribution in [0.4, 0.5) is 34.1 Å². The molecule has 0 atom stereocenters. The molecule has 0 aliphatic carbocycles. The summed E-state index contributed by atoms with van der Waals surface area (Å²) in [5.74, 6) is 0. The van der Waals surface area contributed by atoms with E-state index in [0.29, 0.717) is 77.7 Å². The predicted octanol–water partition coefficient (Wildman–Crippen LogP) is 28.8. The van der Waals surface area contributed by atoms with Crippen molar-refractivity contribution in [2.45, 2.75) is 105 Å². The average Bonchev–Trinajstić information content (AvgIpc) is 1.37. The number of rotatable bonds is 7. The van der Waals surface area contributed by atoms with Gasteiger partial charge in [-0.15, -0.1) is 0 Å². The fraction of sp³-hybridized carbons (Fsp3) is 0.143. The SMILES string of the molecule is [2H]c1c([2H])c([2H])c2c(c1[2H])c1c([2H])c([2H])c([2H])c([2H])c1n2-c1ccc2c(c1)N(c1cccc3c1oc1c(-n4c5c([2H])c([2H])c([2H])c([2H])c5c5c([2H])c([2H])c([2H])c([2H])c54)cccc13)c1cc(-c3cc(C(C)(C)C)cc(C(C)(C)C)c3)cc3c1B2c1ccc(-n2c4ccc(C(C)(C)C)cc4c4cc(C(C)(C)C)ccc42)cc1N3c1cccc2c1oc1c(-n3c4c([2H])c([2H])c([2H])c([2H])c4c4c([2H])c([2H])c([2H])c([2H])c43)cccc12. The van der Waals surface area contributed by atoms with Crippen molar-refractivity contribution in [1.29, 1.82) is 0 Å². The number of para-hydroxylation sites is 10. The minimum absolute atomic E-state index is 0.112. The average molecular weight is 1590 g/mol. The number of furan rings is 2. The molecule has 6 aromatic heterocycles. The summed E-state index contributed by atoms with van der Waals surface area (Å²) in [5.41, 5.74) is 12.5. The van der Waals surface area contributed by atoms with Crippen LogP contribution in [-0.2, 0) is 21.7 Å². The van der Waals surface area contributed by atoms with Crippen LogP contribution in [0.15, 0.2) is 330 Å². The molecule has 8 nitrogen and oxygen atoms in total. The van der Waals surface area contributed by atoms with Crippen molar-refractivity contribution in [3.05, 3.63) is 343 Å². The minimum Gasteiger partial charge on any atom is -0.452 e. The molecule has 24 rings (SSSR count). The quantitative estimate of drug-likeness (QED) is 0.149. The van der Waals surface area contributed by atoms with Crippen LogP contribution in [0.25, 0.3) is 165 Å². The van der Waals surface area contributed by atoms with Gasteiger partial charge in [-0.3, -0.25) is 0 Å². The van der Waals surface area contributed by atoms with Gasteiger partial charge in [0, 0.05) is 98.8 Å². The van der Waals surface area contributed by atoms with Gasteiger partial charge >= 0.3 is 0 Å². The maximum atomic E-state index is 9.99. The zero-order valence-electron chi connectivity index (χ0n) is 92.3. The number of nitrogens with zero attached hydrogens (tertiary/aromatic N) is 6. The molecule has 0 radical (unpaired) electrons. The Morgan fingerprint density at radius 1 is 0.240 bits per heavy atom. The first kappa shape index (κ1) is 50.7. The van der Waals surface area contributed by atoms with Crippen molar-refractivity contribution >= 4 is 188 Å². The molecule has 582 valence electrons. The molecule has 2 aliphatic heterocycles. The summed E-state index contributed by atoms with van der Waals surface area (Å²) in [4.78, 5) is 4.29. The van der Waals surface area contributed by atoms with Crippen molar-refractivity contribution in [1.82, 2.24) is 18.3 Å². The highest BCUT2D eigenvalue weighted by Gasteiger charge is 2.46. The molecular weight excluding hydrogens is 1470 g/mol. The third-order valence-electron chi connectivity index (χ3n) is 25.1. The summed E-state index contributed by atoms with van der Waals surface area (Å²) in [6.07, 6.45) is 0. The summed E-state index contributed by atoms with van der Waals surface area (Å²) in [7, 11) is 0. The maximum Gasteiger partial charge on any atom is 0.252 e. The molecular formula is C112H89BN6O2. The van der Waals surface area contributed by atoms with Crippen LogP contribution in [0.1, 0.15) is 138 Å². The molecule has 9 heteroatoms. The molecule has 0 saturated carbocycles. The fourth-order valence-corrected chi connectivity index (χ4v) is 19.1. The summed E-state index contributed by atoms with van der Waals surface area (Å²) >= 11 is 0. The monoisotopic (exact) mass is 1580 g/mol. The molecule has 2 aliphatic rings. The highest BCUT2D eigenvalue weighted by atomic mass is 16.3. The minimum atomic E-state index is -0.854. The molecule has 0 amide bonds. The molecule has 0 bridgehead atoms. The Balaban J connectivity index is 0.877. The topological polar surface area (TPSA) is 52.5 Å². The van der Waals surface area contributed by atoms with E-state index in [0.717, 1.165) is 60.8 Å². The Labute approximate surface area is 736 Å². The van der Waals surface area contributed by atoms with Crippen LogP contribution in [0.3, 0.4) is 0 Å². The molecule has 8 heterocycles. The number of benzene rings is 16. The van der Waals surface area contributed by atoms with E-state index in [4.69, 9.17) is 14.3 Å². The van der Waals surface area contributed by atoms with Crippen LogP contribution >= 0.6 is 0 Å². The number of anilines is 6. The van der Waals surface area contributed by atoms with Crippen molar-refractivity contribution in [3.63, 3.8) is 0 Å². The second kappa shape index (κ2) is 25.3. The second-order valence-electron chi connectivity index (χ2n) is 36.3. The summed E-state index contributed by atoms with van der Waals surface area (Å²) in [6.45, 7) is 25.3. The molecule has 0 spiro atoms. The maximum absolute atomic E-state index is 9.99. The van der Waals surface area contributed by atoms with Gasteiger partial charge < -0.3 is 36.9 Å². The molecule has 121 heavy (non-hydrogen) atoms. The van der Waals surface area contributed by atoms with E-state index in [1.807, 2.05) is 60.7 Å². The van der Waals surface area contributed by atoms with Gasteiger partial charge in [0.2, 0.25) is 0 Å². The Kier molecular flexibility index (Phi) is 10.6. The van der Waals surface area contributed by atoms with Crippen LogP contribution in [0.2, 0.25) is 0 Å². The number of hydrogen-bond donors (Lipinski definition) is 0. The van der Waals surface area contributed by atoms with E-state index in [1.54, 1.807) is 30.3 Å². The van der Waals surface area contributed by atoms with Crippen LogP contribution in [0, 0.1) is 0 Å². The van der Waals surface area contributed by atoms with Gasteiger partial charge in [0.05, 0.1) is 99.8 Å². The lowest BCUT2D eigenvalue weighted by molar-refractivity contribution is 0.569. The van der Waals surface area contributed by atoms with Gasteiger partial charge in [0.25, 0.3) is 6.71 Å². The van der Waals surface area contributed by atoms with Crippen molar-refractivity contribution in [2.75, 3.05) is 9.80 Å². The highest BCUT2D eigenvalue weighted by Crippen LogP contribution is 2.54. The lowest BCUT2D eigenvalue weighted by Gasteiger charge is -2.44. The van der Waals surface area contributed by atoms with Crippen LogP contribution < -0.4 is 26.2 Å². The largest absolute Gasteiger partial charge is 0.452 e. The summed E-state index contributed by atoms with van der Waals surface area (Å²) in [5, 5.41) is 3.26. The first-order valence-electron chi connectivity index (χ1n) is 52.8. The van der Waals surface area contributed by atoms with Crippen molar-refractivity contribution < 1.29 is 41.7 Å². The van der Waals surface area contributed by atoms with E-state index in [9.17, 15) is 27.4 Å². The van der Waals surface area contributed by atoms with E-state index in [1.165, 1.54) is 13.7 Å². The van der Waals surface area contributed by atoms with Gasteiger partial charge in [0.1, 0.15) is 0 Å². The zero-order chi connectivity index (χ0) is 103. The Hall–Kier alpha value is -14.0. The third-order valence-corrected chi connectivity index (χ3v) is 25.1. The Morgan fingerprint density at radius 2 is 0.545 bits per heavy atom. The lowest BCUT2D eigenvalue weighted by atomic mass is 9.33. The van der Waals surface area contributed by atoms with E-state index >= 15 is 0 Å². The van der Waals surface area contributed by atoms with Gasteiger partial charge in [-0.25, -0.2) is 0 Å². The molecule has 16 aromatic carbocycles. The number of hydrogen-bond acceptors (Lipinski definition) is 4. The predicted molar refractivity (Wildman–Crippen MR) is 513 cm³/mol. The molecule has 0 fully saturated rings. The first-order valence-corrected chi connectivity index (χ1v) is 40.8. The van der Waals surface area contributed by atoms with Crippen LogP contribution in [0.5, 0.6) is 0 Å². The van der Waals surface area contributed by atoms with E-state index < -0.39 is 163 Å². The molecule has 0 N–H and O–H groups in total. The standard InChI is InChI=1S/C112H89BN6O2/c1-109(2,3)68-49-55-94-84(62-68)85-63-69(110(4,5)6)50-56-95(85)115(94)73-52-54-87-101(65-73)119(99-48-28-38-83-81-36-26-46-97(106(81)121-108(83)99)117-92-43-23-17-33-78(92)79-34-18-24-44-93(79)117)103-60-67(66-57-70(111(7,8)9)61-71(58-66)112(10,11)12)59-102-104(103)113(87)86-53-51-72(114-88-39-19-13-29-74(88)75-30-14-20-40-89(75)114)64-100(86)118(102)98-47-27-37-82-80-35-25-45-96(105(80)120-107(82)98)116-90-41-21-15-31-76(90)77-32-16-22-42-91(77)116/h13-65H,1-12H3/i13D,14D,15D,16D,17D,18D,19D,20D,21D,22D,23D,24D,29D,30D,31D,32D,33D,34D,39D,40D,41D,42D,43D,44D. The second-order valence-corrected chi connectivity index (χ2v) is 36.3. The van der Waals surface area contributed by atoms with Crippen molar-refractivity contribution in [3.8, 4) is 33.9 Å². The molecule has 0 saturated heterocycles. The highest BCUT2D eigenvalue weighted by molar-refractivity contribution is 7.00. The third kappa shape index (κ3) is 10.4.